The van der Waals surface area contributed by atoms with Crippen molar-refractivity contribution in [3.05, 3.63) is 59.2 Å². The number of primary amides is 1. The van der Waals surface area contributed by atoms with Crippen LogP contribution < -0.4 is 20.5 Å². The molecule has 0 spiro atoms. The van der Waals surface area contributed by atoms with Gasteiger partial charge in [-0.3, -0.25) is 9.59 Å². The van der Waals surface area contributed by atoms with Crippen LogP contribution >= 0.6 is 0 Å². The predicted molar refractivity (Wildman–Crippen MR) is 102 cm³/mol. The minimum absolute atomic E-state index is 0.0329. The summed E-state index contributed by atoms with van der Waals surface area (Å²) < 4.78 is 10.9. The second-order valence-electron chi connectivity index (χ2n) is 6.64. The lowest BCUT2D eigenvalue weighted by atomic mass is 9.87. The Hall–Kier alpha value is -3.02. The zero-order valence-corrected chi connectivity index (χ0v) is 15.5. The highest BCUT2D eigenvalue weighted by Crippen LogP contribution is 2.30. The maximum absolute atomic E-state index is 12.7. The molecule has 0 radical (unpaired) electrons. The van der Waals surface area contributed by atoms with E-state index in [2.05, 4.69) is 17.4 Å². The van der Waals surface area contributed by atoms with Crippen LogP contribution in [0.3, 0.4) is 0 Å². The van der Waals surface area contributed by atoms with Crippen molar-refractivity contribution in [2.75, 3.05) is 7.11 Å². The van der Waals surface area contributed by atoms with Gasteiger partial charge in [0.1, 0.15) is 11.5 Å². The lowest BCUT2D eigenvalue weighted by Gasteiger charge is -2.27. The van der Waals surface area contributed by atoms with Crippen LogP contribution in [-0.4, -0.2) is 25.0 Å². The summed E-state index contributed by atoms with van der Waals surface area (Å²) in [7, 11) is 1.51. The monoisotopic (exact) mass is 368 g/mol. The van der Waals surface area contributed by atoms with Gasteiger partial charge in [0.05, 0.1) is 18.7 Å². The maximum atomic E-state index is 12.7. The summed E-state index contributed by atoms with van der Waals surface area (Å²) in [5.74, 6) is -0.117. The molecule has 0 aromatic heterocycles. The van der Waals surface area contributed by atoms with Crippen LogP contribution in [0.4, 0.5) is 0 Å². The van der Waals surface area contributed by atoms with E-state index in [4.69, 9.17) is 15.2 Å². The number of aryl methyl sites for hydroxylation is 1. The Labute approximate surface area is 158 Å². The molecule has 2 aromatic rings. The van der Waals surface area contributed by atoms with Crippen LogP contribution in [0.5, 0.6) is 11.5 Å². The van der Waals surface area contributed by atoms with Crippen LogP contribution in [-0.2, 0) is 11.2 Å². The average Bonchev–Trinajstić information content (AvgIpc) is 2.67. The predicted octanol–water partition coefficient (Wildman–Crippen LogP) is 2.76. The first-order valence-electron chi connectivity index (χ1n) is 9.02. The van der Waals surface area contributed by atoms with Gasteiger partial charge in [-0.25, -0.2) is 0 Å². The standard InChI is InChI=1S/C21H24N2O4/c1-13(27-19-12-15(26-2)10-11-17(19)20(22)24)21(25)23-18-9-5-7-14-6-3-4-8-16(14)18/h3-4,6,8,10-13,18H,5,7,9H2,1-2H3,(H2,22,24)(H,23,25)/t13-,18-/m1/s1. The second-order valence-corrected chi connectivity index (χ2v) is 6.64. The third-order valence-electron chi connectivity index (χ3n) is 4.81. The summed E-state index contributed by atoms with van der Waals surface area (Å²) >= 11 is 0. The van der Waals surface area contributed by atoms with Gasteiger partial charge in [-0.2, -0.15) is 0 Å². The van der Waals surface area contributed by atoms with Crippen LogP contribution in [0, 0.1) is 0 Å². The van der Waals surface area contributed by atoms with E-state index in [0.29, 0.717) is 5.75 Å². The SMILES string of the molecule is COc1ccc(C(N)=O)c(O[C@H](C)C(=O)N[C@@H]2CCCc3ccccc32)c1. The van der Waals surface area contributed by atoms with Gasteiger partial charge in [-0.15, -0.1) is 0 Å². The molecule has 0 aliphatic heterocycles. The molecule has 3 rings (SSSR count). The zero-order chi connectivity index (χ0) is 19.4. The van der Waals surface area contributed by atoms with Gasteiger partial charge in [0.25, 0.3) is 11.8 Å². The fourth-order valence-corrected chi connectivity index (χ4v) is 3.37. The van der Waals surface area contributed by atoms with E-state index in [-0.39, 0.29) is 23.3 Å². The fraction of sp³-hybridized carbons (Fsp3) is 0.333. The summed E-state index contributed by atoms with van der Waals surface area (Å²) in [4.78, 5) is 24.3. The second kappa shape index (κ2) is 8.12. The van der Waals surface area contributed by atoms with E-state index in [1.54, 1.807) is 19.1 Å². The van der Waals surface area contributed by atoms with Gasteiger partial charge in [0.15, 0.2) is 6.10 Å². The molecule has 3 N–H and O–H groups in total. The molecule has 6 heteroatoms. The Bertz CT molecular complexity index is 850. The number of ether oxygens (including phenoxy) is 2. The smallest absolute Gasteiger partial charge is 0.261 e. The molecule has 0 unspecified atom stereocenters. The third kappa shape index (κ3) is 4.22. The summed E-state index contributed by atoms with van der Waals surface area (Å²) in [6, 6.07) is 12.8. The number of nitrogens with two attached hydrogens (primary N) is 1. The highest BCUT2D eigenvalue weighted by atomic mass is 16.5. The zero-order valence-electron chi connectivity index (χ0n) is 15.5. The van der Waals surface area contributed by atoms with Crippen molar-refractivity contribution in [2.24, 2.45) is 5.73 Å². The third-order valence-corrected chi connectivity index (χ3v) is 4.81. The molecule has 0 heterocycles. The normalized spacial score (nSPS) is 16.7. The van der Waals surface area contributed by atoms with Gasteiger partial charge in [-0.05, 0) is 49.4 Å². The van der Waals surface area contributed by atoms with Crippen LogP contribution in [0.1, 0.15) is 47.3 Å². The number of benzene rings is 2. The minimum atomic E-state index is -0.788. The largest absolute Gasteiger partial charge is 0.497 e. The molecule has 6 nitrogen and oxygen atoms in total. The molecule has 1 aliphatic rings. The summed E-state index contributed by atoms with van der Waals surface area (Å²) in [5.41, 5.74) is 8.03. The maximum Gasteiger partial charge on any atom is 0.261 e. The molecule has 2 atom stereocenters. The van der Waals surface area contributed by atoms with Crippen molar-refractivity contribution in [1.29, 1.82) is 0 Å². The van der Waals surface area contributed by atoms with Crippen LogP contribution in [0.2, 0.25) is 0 Å². The van der Waals surface area contributed by atoms with Gasteiger partial charge in [-0.1, -0.05) is 24.3 Å². The summed E-state index contributed by atoms with van der Waals surface area (Å²) in [6.07, 6.45) is 2.16. The Balaban J connectivity index is 1.73. The molecule has 0 saturated carbocycles. The molecule has 0 fully saturated rings. The molecular weight excluding hydrogens is 344 g/mol. The Kier molecular flexibility index (Phi) is 5.64. The topological polar surface area (TPSA) is 90.7 Å². The van der Waals surface area contributed by atoms with E-state index < -0.39 is 12.0 Å². The van der Waals surface area contributed by atoms with Gasteiger partial charge < -0.3 is 20.5 Å². The van der Waals surface area contributed by atoms with Crippen molar-refractivity contribution >= 4 is 11.8 Å². The molecule has 2 amide bonds. The number of nitrogens with one attached hydrogen (secondary N) is 1. The van der Waals surface area contributed by atoms with Gasteiger partial charge in [0, 0.05) is 6.07 Å². The van der Waals surface area contributed by atoms with Crippen molar-refractivity contribution in [1.82, 2.24) is 5.32 Å². The number of carbonyl (C=O) groups excluding carboxylic acids is 2. The fourth-order valence-electron chi connectivity index (χ4n) is 3.37. The number of fused-ring (bicyclic) bond motifs is 1. The average molecular weight is 368 g/mol. The van der Waals surface area contributed by atoms with E-state index in [0.717, 1.165) is 24.8 Å². The van der Waals surface area contributed by atoms with Crippen LogP contribution in [0.25, 0.3) is 0 Å². The molecule has 0 saturated heterocycles. The molecular formula is C21H24N2O4. The number of methoxy groups -OCH3 is 1. The van der Waals surface area contributed by atoms with E-state index in [1.807, 2.05) is 12.1 Å². The lowest BCUT2D eigenvalue weighted by molar-refractivity contribution is -0.128. The summed E-state index contributed by atoms with van der Waals surface area (Å²) in [5, 5.41) is 3.06. The van der Waals surface area contributed by atoms with E-state index >= 15 is 0 Å². The van der Waals surface area contributed by atoms with Crippen molar-refractivity contribution in [2.45, 2.75) is 38.3 Å². The lowest BCUT2D eigenvalue weighted by Crippen LogP contribution is -2.39. The van der Waals surface area contributed by atoms with Gasteiger partial charge in [0.2, 0.25) is 0 Å². The van der Waals surface area contributed by atoms with Crippen molar-refractivity contribution < 1.29 is 19.1 Å². The molecule has 27 heavy (non-hydrogen) atoms. The molecule has 2 aromatic carbocycles. The number of carbonyl (C=O) groups is 2. The van der Waals surface area contributed by atoms with E-state index in [1.165, 1.54) is 18.7 Å². The number of amides is 2. The summed E-state index contributed by atoms with van der Waals surface area (Å²) in [6.45, 7) is 1.65. The molecule has 0 bridgehead atoms. The Morgan fingerprint density at radius 2 is 2.00 bits per heavy atom. The molecule has 142 valence electrons. The number of hydrogen-bond acceptors (Lipinski definition) is 4. The van der Waals surface area contributed by atoms with E-state index in [9.17, 15) is 9.59 Å². The number of rotatable bonds is 6. The van der Waals surface area contributed by atoms with Crippen molar-refractivity contribution in [3.63, 3.8) is 0 Å². The number of hydrogen-bond donors (Lipinski definition) is 2. The first-order valence-corrected chi connectivity index (χ1v) is 9.02. The van der Waals surface area contributed by atoms with Gasteiger partial charge >= 0.3 is 0 Å². The molecule has 1 aliphatic carbocycles. The van der Waals surface area contributed by atoms with Crippen molar-refractivity contribution in [3.8, 4) is 11.5 Å². The first-order chi connectivity index (χ1) is 13.0. The Morgan fingerprint density at radius 3 is 2.74 bits per heavy atom. The highest BCUT2D eigenvalue weighted by Gasteiger charge is 2.25. The van der Waals surface area contributed by atoms with Crippen LogP contribution in [0.15, 0.2) is 42.5 Å². The highest BCUT2D eigenvalue weighted by molar-refractivity contribution is 5.96. The quantitative estimate of drug-likeness (QED) is 0.820. The minimum Gasteiger partial charge on any atom is -0.497 e. The first kappa shape index (κ1) is 18.8. The Morgan fingerprint density at radius 1 is 1.22 bits per heavy atom.